The summed E-state index contributed by atoms with van der Waals surface area (Å²) in [7, 11) is 0. The van der Waals surface area contributed by atoms with Crippen LogP contribution < -0.4 is 16.2 Å². The molecule has 2 amide bonds. The Hall–Kier alpha value is -3.75. The van der Waals surface area contributed by atoms with Crippen molar-refractivity contribution < 1.29 is 9.18 Å². The van der Waals surface area contributed by atoms with E-state index in [2.05, 4.69) is 39.4 Å². The second-order valence-corrected chi connectivity index (χ2v) is 8.67. The molecule has 4 aromatic rings. The minimum Gasteiger partial charge on any atom is -0.338 e. The predicted octanol–water partition coefficient (Wildman–Crippen LogP) is 5.58. The smallest absolute Gasteiger partial charge is 0.319 e. The van der Waals surface area contributed by atoms with Gasteiger partial charge in [0.15, 0.2) is 0 Å². The maximum atomic E-state index is 14.8. The maximum Gasteiger partial charge on any atom is 0.319 e. The number of benzene rings is 1. The Labute approximate surface area is 203 Å². The summed E-state index contributed by atoms with van der Waals surface area (Å²) in [5, 5.41) is 6.04. The molecule has 3 N–H and O–H groups in total. The van der Waals surface area contributed by atoms with E-state index in [1.165, 1.54) is 12.1 Å². The SMILES string of the molecule is CCCCCNC(=O)Nc1cc2[nH]c(=O)c(-c3cn(CCCCC)c4ncccc34)nc2cc1F. The Morgan fingerprint density at radius 3 is 2.74 bits per heavy atom. The standard InChI is InChI=1S/C26H31FN6O2/c1-3-5-7-11-29-26(35)32-20-15-22-21(14-19(20)27)30-23(25(34)31-22)18-16-33(13-8-6-4-2)24-17(18)10-9-12-28-24/h9-10,12,14-16H,3-8,11,13H2,1-2H3,(H,31,34)(H2,29,32,35). The molecule has 0 fully saturated rings. The molecule has 35 heavy (non-hydrogen) atoms. The zero-order chi connectivity index (χ0) is 24.8. The molecule has 0 aliphatic rings. The Balaban J connectivity index is 1.65. The first-order valence-electron chi connectivity index (χ1n) is 12.2. The van der Waals surface area contributed by atoms with Crippen molar-refractivity contribution in [2.24, 2.45) is 0 Å². The monoisotopic (exact) mass is 478 g/mol. The molecule has 9 heteroatoms. The van der Waals surface area contributed by atoms with Crippen LogP contribution in [0.1, 0.15) is 52.4 Å². The number of urea groups is 1. The summed E-state index contributed by atoms with van der Waals surface area (Å²) >= 11 is 0. The first-order chi connectivity index (χ1) is 17.0. The van der Waals surface area contributed by atoms with Crippen molar-refractivity contribution in [2.75, 3.05) is 11.9 Å². The highest BCUT2D eigenvalue weighted by atomic mass is 19.1. The Morgan fingerprint density at radius 1 is 1.14 bits per heavy atom. The largest absolute Gasteiger partial charge is 0.338 e. The van der Waals surface area contributed by atoms with Gasteiger partial charge in [0.2, 0.25) is 0 Å². The fourth-order valence-corrected chi connectivity index (χ4v) is 4.14. The Morgan fingerprint density at radius 2 is 1.94 bits per heavy atom. The fourth-order valence-electron chi connectivity index (χ4n) is 4.14. The number of carbonyl (C=O) groups is 1. The normalized spacial score (nSPS) is 11.3. The lowest BCUT2D eigenvalue weighted by Crippen LogP contribution is -2.29. The Kier molecular flexibility index (Phi) is 7.74. The third-order valence-corrected chi connectivity index (χ3v) is 5.99. The average Bonchev–Trinajstić information content (AvgIpc) is 3.21. The first kappa shape index (κ1) is 24.4. The molecule has 0 spiro atoms. The molecule has 4 rings (SSSR count). The molecule has 0 bridgehead atoms. The Bertz CT molecular complexity index is 1390. The number of nitrogens with one attached hydrogen (secondary N) is 3. The lowest BCUT2D eigenvalue weighted by molar-refractivity contribution is 0.252. The van der Waals surface area contributed by atoms with Gasteiger partial charge in [0, 0.05) is 42.5 Å². The summed E-state index contributed by atoms with van der Waals surface area (Å²) in [6, 6.07) is 5.85. The molecule has 0 saturated carbocycles. The van der Waals surface area contributed by atoms with Crippen LogP contribution >= 0.6 is 0 Å². The number of fused-ring (bicyclic) bond motifs is 2. The van der Waals surface area contributed by atoms with Crippen LogP contribution in [0.15, 0.2) is 41.5 Å². The van der Waals surface area contributed by atoms with Crippen molar-refractivity contribution in [1.82, 2.24) is 24.8 Å². The minimum absolute atomic E-state index is 0.0209. The molecule has 0 radical (unpaired) electrons. The molecular formula is C26H31FN6O2. The number of hydrogen-bond donors (Lipinski definition) is 3. The average molecular weight is 479 g/mol. The van der Waals surface area contributed by atoms with E-state index in [0.717, 1.165) is 56.1 Å². The van der Waals surface area contributed by atoms with Gasteiger partial charge < -0.3 is 20.2 Å². The molecule has 3 aromatic heterocycles. The van der Waals surface area contributed by atoms with Crippen molar-refractivity contribution in [1.29, 1.82) is 0 Å². The number of anilines is 1. The number of aromatic amines is 1. The first-order valence-corrected chi connectivity index (χ1v) is 12.2. The van der Waals surface area contributed by atoms with E-state index in [-0.39, 0.29) is 11.4 Å². The van der Waals surface area contributed by atoms with E-state index in [1.54, 1.807) is 6.20 Å². The second kappa shape index (κ2) is 11.1. The fraction of sp³-hybridized carbons (Fsp3) is 0.385. The highest BCUT2D eigenvalue weighted by Crippen LogP contribution is 2.28. The van der Waals surface area contributed by atoms with Gasteiger partial charge in [0.1, 0.15) is 17.2 Å². The van der Waals surface area contributed by atoms with Crippen molar-refractivity contribution in [3.8, 4) is 11.3 Å². The van der Waals surface area contributed by atoms with Crippen LogP contribution in [-0.2, 0) is 6.54 Å². The number of aromatic nitrogens is 4. The number of hydrogen-bond acceptors (Lipinski definition) is 4. The van der Waals surface area contributed by atoms with Gasteiger partial charge in [0.05, 0.1) is 16.7 Å². The van der Waals surface area contributed by atoms with Crippen LogP contribution in [-0.4, -0.2) is 32.1 Å². The van der Waals surface area contributed by atoms with E-state index >= 15 is 0 Å². The van der Waals surface area contributed by atoms with Crippen molar-refractivity contribution in [2.45, 2.75) is 58.9 Å². The molecule has 0 aliphatic heterocycles. The van der Waals surface area contributed by atoms with Gasteiger partial charge >= 0.3 is 6.03 Å². The molecule has 0 atom stereocenters. The van der Waals surface area contributed by atoms with E-state index < -0.39 is 17.4 Å². The van der Waals surface area contributed by atoms with Gasteiger partial charge in [-0.05, 0) is 31.0 Å². The molecule has 0 saturated heterocycles. The van der Waals surface area contributed by atoms with Gasteiger partial charge in [-0.15, -0.1) is 0 Å². The van der Waals surface area contributed by atoms with E-state index in [4.69, 9.17) is 0 Å². The second-order valence-electron chi connectivity index (χ2n) is 8.67. The quantitative estimate of drug-likeness (QED) is 0.259. The van der Waals surface area contributed by atoms with Crippen LogP contribution in [0.3, 0.4) is 0 Å². The molecule has 8 nitrogen and oxygen atoms in total. The molecule has 3 heterocycles. The van der Waals surface area contributed by atoms with Crippen LogP contribution in [0.4, 0.5) is 14.9 Å². The summed E-state index contributed by atoms with van der Waals surface area (Å²) in [6.45, 7) is 5.53. The maximum absolute atomic E-state index is 14.8. The van der Waals surface area contributed by atoms with E-state index in [9.17, 15) is 14.0 Å². The van der Waals surface area contributed by atoms with Crippen molar-refractivity contribution in [3.63, 3.8) is 0 Å². The zero-order valence-corrected chi connectivity index (χ0v) is 20.2. The molecule has 0 unspecified atom stereocenters. The summed E-state index contributed by atoms with van der Waals surface area (Å²) in [5.74, 6) is -0.629. The lowest BCUT2D eigenvalue weighted by Gasteiger charge is -2.10. The third-order valence-electron chi connectivity index (χ3n) is 5.99. The molecule has 184 valence electrons. The van der Waals surface area contributed by atoms with Crippen LogP contribution in [0.25, 0.3) is 33.3 Å². The number of carbonyl (C=O) groups excluding carboxylic acids is 1. The highest BCUT2D eigenvalue weighted by Gasteiger charge is 2.17. The molecule has 1 aromatic carbocycles. The number of H-pyrrole nitrogens is 1. The lowest BCUT2D eigenvalue weighted by atomic mass is 10.1. The number of unbranched alkanes of at least 4 members (excludes halogenated alkanes) is 4. The summed E-state index contributed by atoms with van der Waals surface area (Å²) in [6.07, 6.45) is 9.74. The summed E-state index contributed by atoms with van der Waals surface area (Å²) in [5.41, 5.74) is 1.87. The van der Waals surface area contributed by atoms with Crippen LogP contribution in [0, 0.1) is 5.82 Å². The number of halogens is 1. The van der Waals surface area contributed by atoms with E-state index in [0.29, 0.717) is 23.1 Å². The van der Waals surface area contributed by atoms with Gasteiger partial charge in [0.25, 0.3) is 5.56 Å². The van der Waals surface area contributed by atoms with Gasteiger partial charge in [-0.1, -0.05) is 39.5 Å². The number of amides is 2. The van der Waals surface area contributed by atoms with Crippen molar-refractivity contribution in [3.05, 3.63) is 52.8 Å². The van der Waals surface area contributed by atoms with Gasteiger partial charge in [-0.3, -0.25) is 4.79 Å². The number of nitrogens with zero attached hydrogens (tertiary/aromatic N) is 3. The third kappa shape index (κ3) is 5.50. The summed E-state index contributed by atoms with van der Waals surface area (Å²) < 4.78 is 16.8. The van der Waals surface area contributed by atoms with Gasteiger partial charge in [-0.25, -0.2) is 19.2 Å². The van der Waals surface area contributed by atoms with Crippen LogP contribution in [0.5, 0.6) is 0 Å². The van der Waals surface area contributed by atoms with E-state index in [1.807, 2.05) is 22.9 Å². The van der Waals surface area contributed by atoms with Gasteiger partial charge in [-0.2, -0.15) is 0 Å². The number of aryl methyl sites for hydroxylation is 1. The number of pyridine rings is 1. The molecular weight excluding hydrogens is 447 g/mol. The highest BCUT2D eigenvalue weighted by molar-refractivity contribution is 5.95. The minimum atomic E-state index is -0.629. The predicted molar refractivity (Wildman–Crippen MR) is 137 cm³/mol. The zero-order valence-electron chi connectivity index (χ0n) is 20.2. The number of rotatable bonds is 10. The van der Waals surface area contributed by atoms with Crippen LogP contribution in [0.2, 0.25) is 0 Å². The summed E-state index contributed by atoms with van der Waals surface area (Å²) in [4.78, 5) is 36.9. The topological polar surface area (TPSA) is 105 Å². The molecule has 0 aliphatic carbocycles. The van der Waals surface area contributed by atoms with Crippen molar-refractivity contribution >= 4 is 33.8 Å².